The highest BCUT2D eigenvalue weighted by atomic mass is 32.2. The van der Waals surface area contributed by atoms with Gasteiger partial charge in [-0.25, -0.2) is 0 Å². The van der Waals surface area contributed by atoms with Crippen LogP contribution in [0.5, 0.6) is 11.5 Å². The second-order valence-corrected chi connectivity index (χ2v) is 7.08. The van der Waals surface area contributed by atoms with Crippen molar-refractivity contribution in [3.05, 3.63) is 58.8 Å². The van der Waals surface area contributed by atoms with Crippen molar-refractivity contribution in [1.29, 1.82) is 0 Å². The molecule has 0 aliphatic carbocycles. The number of hydrogen-bond donors (Lipinski definition) is 2. The lowest BCUT2D eigenvalue weighted by molar-refractivity contribution is 0.102. The monoisotopic (exact) mass is 351 g/mol. The maximum Gasteiger partial charge on any atom is 0.207 e. The van der Waals surface area contributed by atoms with Gasteiger partial charge < -0.3 is 14.8 Å². The number of thioether (sulfide) groups is 1. The minimum Gasteiger partial charge on any atom is -0.504 e. The summed E-state index contributed by atoms with van der Waals surface area (Å²) in [6.45, 7) is 2.05. The van der Waals surface area contributed by atoms with E-state index in [1.165, 1.54) is 12.7 Å². The van der Waals surface area contributed by atoms with Crippen molar-refractivity contribution >= 4 is 34.5 Å². The number of ether oxygens (including phenoxy) is 1. The van der Waals surface area contributed by atoms with Crippen LogP contribution in [0.2, 0.25) is 0 Å². The van der Waals surface area contributed by atoms with Gasteiger partial charge in [0.15, 0.2) is 11.5 Å². The smallest absolute Gasteiger partial charge is 0.207 e. The number of aromatic amines is 1. The Labute approximate surface area is 149 Å². The summed E-state index contributed by atoms with van der Waals surface area (Å²) in [5.41, 5.74) is 4.39. The van der Waals surface area contributed by atoms with Crippen molar-refractivity contribution in [1.82, 2.24) is 4.98 Å². The number of aryl methyl sites for hydroxylation is 1. The number of aromatic hydroxyl groups is 1. The van der Waals surface area contributed by atoms with Crippen molar-refractivity contribution in [2.75, 3.05) is 12.9 Å². The molecule has 0 unspecified atom stereocenters. The molecule has 126 valence electrons. The van der Waals surface area contributed by atoms with E-state index in [1.807, 2.05) is 18.2 Å². The number of phenols is 1. The van der Waals surface area contributed by atoms with Crippen LogP contribution < -0.4 is 4.74 Å². The third-order valence-electron chi connectivity index (χ3n) is 4.34. The largest absolute Gasteiger partial charge is 0.504 e. The number of ketones is 1. The van der Waals surface area contributed by atoms with Gasteiger partial charge in [0.05, 0.1) is 7.11 Å². The number of Topliss-reactive ketones (excluding diaryl/α,β-unsaturated/α-hetero) is 1. The molecule has 2 N–H and O–H groups in total. The molecule has 0 saturated heterocycles. The number of nitrogens with one attached hydrogen (secondary N) is 1. The average molecular weight is 351 g/mol. The molecule has 25 heavy (non-hydrogen) atoms. The van der Waals surface area contributed by atoms with E-state index in [-0.39, 0.29) is 11.5 Å². The van der Waals surface area contributed by atoms with E-state index < -0.39 is 0 Å². The number of phenolic OH excluding ortho intramolecular Hbond substituents is 1. The van der Waals surface area contributed by atoms with E-state index in [9.17, 15) is 9.90 Å². The first-order chi connectivity index (χ1) is 12.1. The maximum absolute atomic E-state index is 12.9. The normalized spacial score (nSPS) is 15.6. The standard InChI is InChI=1S/C20H17NO3S/c1-11-3-5-15-14(7-11)20-18(21-15)19(23)13(10-25-20)8-12-4-6-16(22)17(9-12)24-2/h3-9,21-22H,10H2,1-2H3/b13-8+. The molecule has 1 aliphatic heterocycles. The van der Waals surface area contributed by atoms with Gasteiger partial charge in [-0.15, -0.1) is 11.8 Å². The fourth-order valence-electron chi connectivity index (χ4n) is 3.06. The van der Waals surface area contributed by atoms with Gasteiger partial charge in [0, 0.05) is 27.1 Å². The molecule has 2 aromatic carbocycles. The van der Waals surface area contributed by atoms with Gasteiger partial charge >= 0.3 is 0 Å². The Balaban J connectivity index is 1.75. The molecule has 4 rings (SSSR count). The van der Waals surface area contributed by atoms with Gasteiger partial charge in [-0.1, -0.05) is 17.7 Å². The zero-order chi connectivity index (χ0) is 17.6. The van der Waals surface area contributed by atoms with E-state index in [0.717, 1.165) is 26.9 Å². The molecule has 3 aromatic rings. The van der Waals surface area contributed by atoms with E-state index in [2.05, 4.69) is 18.0 Å². The molecule has 0 amide bonds. The maximum atomic E-state index is 12.9. The van der Waals surface area contributed by atoms with Crippen LogP contribution in [0.25, 0.3) is 17.0 Å². The number of methoxy groups -OCH3 is 1. The first-order valence-electron chi connectivity index (χ1n) is 7.94. The minimum absolute atomic E-state index is 0.0228. The molecule has 1 aliphatic rings. The molecular weight excluding hydrogens is 334 g/mol. The van der Waals surface area contributed by atoms with Crippen molar-refractivity contribution in [3.8, 4) is 11.5 Å². The van der Waals surface area contributed by atoms with Crippen molar-refractivity contribution in [2.24, 2.45) is 0 Å². The van der Waals surface area contributed by atoms with Crippen LogP contribution in [0.1, 0.15) is 21.6 Å². The van der Waals surface area contributed by atoms with E-state index in [0.29, 0.717) is 17.2 Å². The highest BCUT2D eigenvalue weighted by Crippen LogP contribution is 2.39. The van der Waals surface area contributed by atoms with Crippen LogP contribution in [0.3, 0.4) is 0 Å². The van der Waals surface area contributed by atoms with Crippen molar-refractivity contribution in [2.45, 2.75) is 11.8 Å². The molecule has 2 heterocycles. The average Bonchev–Trinajstić information content (AvgIpc) is 2.97. The number of fused-ring (bicyclic) bond motifs is 3. The molecular formula is C20H17NO3S. The van der Waals surface area contributed by atoms with Crippen molar-refractivity contribution < 1.29 is 14.6 Å². The summed E-state index contributed by atoms with van der Waals surface area (Å²) >= 11 is 1.68. The number of rotatable bonds is 2. The number of carbonyl (C=O) groups is 1. The van der Waals surface area contributed by atoms with Crippen LogP contribution in [-0.2, 0) is 0 Å². The van der Waals surface area contributed by atoms with Crippen LogP contribution in [0.4, 0.5) is 0 Å². The minimum atomic E-state index is 0.0228. The molecule has 1 aromatic heterocycles. The summed E-state index contributed by atoms with van der Waals surface area (Å²) in [4.78, 5) is 17.2. The fraction of sp³-hybridized carbons (Fsp3) is 0.150. The Bertz CT molecular complexity index is 1030. The molecule has 5 heteroatoms. The summed E-state index contributed by atoms with van der Waals surface area (Å²) in [7, 11) is 1.51. The third kappa shape index (κ3) is 2.70. The molecule has 0 fully saturated rings. The van der Waals surface area contributed by atoms with Gasteiger partial charge in [-0.05, 0) is 42.8 Å². The second-order valence-electron chi connectivity index (χ2n) is 6.10. The summed E-state index contributed by atoms with van der Waals surface area (Å²) < 4.78 is 5.13. The Kier molecular flexibility index (Phi) is 3.81. The molecule has 0 radical (unpaired) electrons. The zero-order valence-electron chi connectivity index (χ0n) is 13.9. The Morgan fingerprint density at radius 3 is 2.88 bits per heavy atom. The first-order valence-corrected chi connectivity index (χ1v) is 8.93. The molecule has 0 bridgehead atoms. The number of hydrogen-bond acceptors (Lipinski definition) is 4. The van der Waals surface area contributed by atoms with Gasteiger partial charge in [-0.2, -0.15) is 0 Å². The predicted molar refractivity (Wildman–Crippen MR) is 101 cm³/mol. The van der Waals surface area contributed by atoms with Crippen LogP contribution in [0, 0.1) is 6.92 Å². The van der Waals surface area contributed by atoms with Crippen LogP contribution in [0.15, 0.2) is 46.9 Å². The summed E-state index contributed by atoms with van der Waals surface area (Å²) in [5.74, 6) is 1.12. The second kappa shape index (κ2) is 6.01. The summed E-state index contributed by atoms with van der Waals surface area (Å²) in [6.07, 6.45) is 1.86. The lowest BCUT2D eigenvalue weighted by atomic mass is 10.0. The first kappa shape index (κ1) is 15.8. The lowest BCUT2D eigenvalue weighted by Gasteiger charge is -2.14. The lowest BCUT2D eigenvalue weighted by Crippen LogP contribution is -2.12. The SMILES string of the molecule is COc1cc(/C=C2\CSc3c([nH]c4ccc(C)cc34)C2=O)ccc1O. The fourth-order valence-corrected chi connectivity index (χ4v) is 4.19. The number of benzene rings is 2. The predicted octanol–water partition coefficient (Wildman–Crippen LogP) is 4.56. The van der Waals surface area contributed by atoms with Gasteiger partial charge in [0.25, 0.3) is 0 Å². The van der Waals surface area contributed by atoms with E-state index >= 15 is 0 Å². The Morgan fingerprint density at radius 2 is 2.08 bits per heavy atom. The van der Waals surface area contributed by atoms with Crippen molar-refractivity contribution in [3.63, 3.8) is 0 Å². The number of carbonyl (C=O) groups excluding carboxylic acids is 1. The van der Waals surface area contributed by atoms with Crippen LogP contribution in [-0.4, -0.2) is 28.7 Å². The van der Waals surface area contributed by atoms with Gasteiger partial charge in [-0.3, -0.25) is 4.79 Å². The quantitative estimate of drug-likeness (QED) is 0.664. The number of H-pyrrole nitrogens is 1. The Hall–Kier alpha value is -2.66. The topological polar surface area (TPSA) is 62.3 Å². The molecule has 4 nitrogen and oxygen atoms in total. The highest BCUT2D eigenvalue weighted by molar-refractivity contribution is 8.00. The van der Waals surface area contributed by atoms with E-state index in [1.54, 1.807) is 30.0 Å². The molecule has 0 saturated carbocycles. The highest BCUT2D eigenvalue weighted by Gasteiger charge is 2.26. The molecule has 0 spiro atoms. The van der Waals surface area contributed by atoms with Crippen LogP contribution >= 0.6 is 11.8 Å². The Morgan fingerprint density at radius 1 is 1.24 bits per heavy atom. The van der Waals surface area contributed by atoms with Gasteiger partial charge in [0.1, 0.15) is 5.69 Å². The third-order valence-corrected chi connectivity index (χ3v) is 5.51. The molecule has 0 atom stereocenters. The summed E-state index contributed by atoms with van der Waals surface area (Å²) in [5, 5.41) is 10.8. The zero-order valence-corrected chi connectivity index (χ0v) is 14.7. The van der Waals surface area contributed by atoms with E-state index in [4.69, 9.17) is 4.74 Å². The summed E-state index contributed by atoms with van der Waals surface area (Å²) in [6, 6.07) is 11.2. The van der Waals surface area contributed by atoms with Gasteiger partial charge in [0.2, 0.25) is 5.78 Å². The number of aromatic nitrogens is 1.